The average molecular weight is 261 g/mol. The van der Waals surface area contributed by atoms with Gasteiger partial charge in [0.15, 0.2) is 0 Å². The van der Waals surface area contributed by atoms with Crippen LogP contribution in [0.5, 0.6) is 0 Å². The predicted molar refractivity (Wildman–Crippen MR) is 78.4 cm³/mol. The van der Waals surface area contributed by atoms with Crippen LogP contribution in [0.15, 0.2) is 18.2 Å². The number of anilines is 1. The fourth-order valence-corrected chi connectivity index (χ4v) is 2.43. The van der Waals surface area contributed by atoms with Crippen LogP contribution in [0, 0.1) is 0 Å². The first kappa shape index (κ1) is 14.0. The minimum absolute atomic E-state index is 0.187. The summed E-state index contributed by atoms with van der Waals surface area (Å²) >= 11 is 0. The van der Waals surface area contributed by atoms with E-state index in [1.54, 1.807) is 4.90 Å². The highest BCUT2D eigenvalue weighted by Crippen LogP contribution is 2.28. The van der Waals surface area contributed by atoms with Gasteiger partial charge >= 0.3 is 0 Å². The van der Waals surface area contributed by atoms with Crippen LogP contribution in [0.25, 0.3) is 0 Å². The molecule has 0 bridgehead atoms. The predicted octanol–water partition coefficient (Wildman–Crippen LogP) is 1.08. The van der Waals surface area contributed by atoms with E-state index in [0.717, 1.165) is 50.1 Å². The molecule has 1 aliphatic rings. The molecule has 2 rings (SSSR count). The molecular weight excluding hydrogens is 238 g/mol. The number of benzene rings is 1. The van der Waals surface area contributed by atoms with Gasteiger partial charge in [0.25, 0.3) is 0 Å². The largest absolute Gasteiger partial charge is 0.330 e. The number of fused-ring (bicyclic) bond motifs is 1. The molecule has 0 fully saturated rings. The molecule has 4 heteroatoms. The number of nitrogens with zero attached hydrogens (tertiary/aromatic N) is 1. The highest BCUT2D eigenvalue weighted by Gasteiger charge is 2.23. The first-order valence-electron chi connectivity index (χ1n) is 7.01. The summed E-state index contributed by atoms with van der Waals surface area (Å²) in [5.41, 5.74) is 8.97. The summed E-state index contributed by atoms with van der Waals surface area (Å²) in [5, 5.41) is 3.42. The minimum Gasteiger partial charge on any atom is -0.330 e. The van der Waals surface area contributed by atoms with Crippen LogP contribution in [0.1, 0.15) is 24.0 Å². The van der Waals surface area contributed by atoms with Crippen molar-refractivity contribution >= 4 is 11.6 Å². The molecule has 0 radical (unpaired) electrons. The molecule has 0 aromatic heterocycles. The normalized spacial score (nSPS) is 14.0. The highest BCUT2D eigenvalue weighted by molar-refractivity contribution is 6.00. The smallest absolute Gasteiger partial charge is 0.231 e. The van der Waals surface area contributed by atoms with E-state index < -0.39 is 0 Å². The Morgan fingerprint density at radius 3 is 2.95 bits per heavy atom. The van der Waals surface area contributed by atoms with Crippen molar-refractivity contribution in [3.63, 3.8) is 0 Å². The molecule has 1 amide bonds. The molecule has 1 aromatic carbocycles. The zero-order valence-corrected chi connectivity index (χ0v) is 11.6. The summed E-state index contributed by atoms with van der Waals surface area (Å²) in [7, 11) is 1.84. The number of hydrogen-bond donors (Lipinski definition) is 2. The van der Waals surface area contributed by atoms with E-state index in [2.05, 4.69) is 23.5 Å². The number of unbranched alkanes of at least 4 members (excludes halogenated alkanes) is 1. The Kier molecular flexibility index (Phi) is 4.93. The van der Waals surface area contributed by atoms with Crippen LogP contribution in [0.3, 0.4) is 0 Å². The monoisotopic (exact) mass is 261 g/mol. The number of nitrogens with one attached hydrogen (secondary N) is 1. The fraction of sp³-hybridized carbons (Fsp3) is 0.533. The second kappa shape index (κ2) is 6.68. The third-order valence-corrected chi connectivity index (χ3v) is 3.62. The first-order chi connectivity index (χ1) is 9.22. The molecule has 4 nitrogen and oxygen atoms in total. The number of nitrogens with two attached hydrogens (primary N) is 1. The molecule has 3 N–H and O–H groups in total. The molecular formula is C15H23N3O. The van der Waals surface area contributed by atoms with Gasteiger partial charge in [0, 0.05) is 12.7 Å². The van der Waals surface area contributed by atoms with Crippen molar-refractivity contribution in [1.29, 1.82) is 0 Å². The van der Waals surface area contributed by atoms with Gasteiger partial charge in [0.2, 0.25) is 5.91 Å². The lowest BCUT2D eigenvalue weighted by atomic mass is 10.1. The van der Waals surface area contributed by atoms with Crippen LogP contribution in [-0.4, -0.2) is 32.6 Å². The van der Waals surface area contributed by atoms with Crippen molar-refractivity contribution in [1.82, 2.24) is 5.32 Å². The lowest BCUT2D eigenvalue weighted by molar-refractivity contribution is -0.117. The summed E-state index contributed by atoms with van der Waals surface area (Å²) in [6.07, 6.45) is 3.78. The second-order valence-corrected chi connectivity index (χ2v) is 5.09. The Balaban J connectivity index is 1.80. The van der Waals surface area contributed by atoms with Crippen molar-refractivity contribution in [3.05, 3.63) is 29.3 Å². The van der Waals surface area contributed by atoms with Crippen molar-refractivity contribution in [3.8, 4) is 0 Å². The third kappa shape index (κ3) is 3.55. The van der Waals surface area contributed by atoms with Crippen molar-refractivity contribution in [2.75, 3.05) is 31.6 Å². The van der Waals surface area contributed by atoms with Crippen molar-refractivity contribution in [2.45, 2.75) is 25.7 Å². The SMILES string of the molecule is CN1C(=O)Cc2cc(CCNCCCCN)ccc21. The van der Waals surface area contributed by atoms with E-state index in [0.29, 0.717) is 6.42 Å². The first-order valence-corrected chi connectivity index (χ1v) is 7.01. The Morgan fingerprint density at radius 2 is 2.16 bits per heavy atom. The number of rotatable bonds is 7. The topological polar surface area (TPSA) is 58.4 Å². The van der Waals surface area contributed by atoms with Gasteiger partial charge in [0.05, 0.1) is 6.42 Å². The van der Waals surface area contributed by atoms with Gasteiger partial charge in [-0.15, -0.1) is 0 Å². The Bertz CT molecular complexity index is 445. The molecule has 0 saturated carbocycles. The van der Waals surface area contributed by atoms with Gasteiger partial charge in [-0.1, -0.05) is 12.1 Å². The average Bonchev–Trinajstić information content (AvgIpc) is 2.69. The third-order valence-electron chi connectivity index (χ3n) is 3.62. The highest BCUT2D eigenvalue weighted by atomic mass is 16.2. The number of carbonyl (C=O) groups is 1. The quantitative estimate of drug-likeness (QED) is 0.722. The van der Waals surface area contributed by atoms with Crippen LogP contribution >= 0.6 is 0 Å². The van der Waals surface area contributed by atoms with Crippen LogP contribution < -0.4 is 16.0 Å². The molecule has 0 spiro atoms. The van der Waals surface area contributed by atoms with Gasteiger partial charge in [-0.2, -0.15) is 0 Å². The van der Waals surface area contributed by atoms with Gasteiger partial charge in [-0.3, -0.25) is 4.79 Å². The van der Waals surface area contributed by atoms with E-state index in [1.807, 2.05) is 7.05 Å². The maximum absolute atomic E-state index is 11.6. The van der Waals surface area contributed by atoms with Crippen LogP contribution in [0.4, 0.5) is 5.69 Å². The van der Waals surface area contributed by atoms with Gasteiger partial charge < -0.3 is 16.0 Å². The zero-order valence-electron chi connectivity index (χ0n) is 11.6. The minimum atomic E-state index is 0.187. The lowest BCUT2D eigenvalue weighted by Gasteiger charge is -2.10. The van der Waals surface area contributed by atoms with Gasteiger partial charge in [-0.25, -0.2) is 0 Å². The molecule has 0 aliphatic carbocycles. The summed E-state index contributed by atoms with van der Waals surface area (Å²) in [6, 6.07) is 6.35. The van der Waals surface area contributed by atoms with E-state index in [9.17, 15) is 4.79 Å². The zero-order chi connectivity index (χ0) is 13.7. The summed E-state index contributed by atoms with van der Waals surface area (Å²) in [5.74, 6) is 0.187. The van der Waals surface area contributed by atoms with Gasteiger partial charge in [0.1, 0.15) is 0 Å². The van der Waals surface area contributed by atoms with Crippen LogP contribution in [-0.2, 0) is 17.6 Å². The molecule has 1 aliphatic heterocycles. The maximum atomic E-state index is 11.6. The number of hydrogen-bond acceptors (Lipinski definition) is 3. The second-order valence-electron chi connectivity index (χ2n) is 5.09. The molecule has 1 heterocycles. The van der Waals surface area contributed by atoms with E-state index in [-0.39, 0.29) is 5.91 Å². The van der Waals surface area contributed by atoms with Crippen molar-refractivity contribution < 1.29 is 4.79 Å². The molecule has 1 aromatic rings. The van der Waals surface area contributed by atoms with Crippen molar-refractivity contribution in [2.24, 2.45) is 5.73 Å². The van der Waals surface area contributed by atoms with Gasteiger partial charge in [-0.05, 0) is 56.1 Å². The van der Waals surface area contributed by atoms with E-state index in [1.165, 1.54) is 5.56 Å². The Morgan fingerprint density at radius 1 is 1.32 bits per heavy atom. The molecule has 0 unspecified atom stereocenters. The summed E-state index contributed by atoms with van der Waals surface area (Å²) < 4.78 is 0. The summed E-state index contributed by atoms with van der Waals surface area (Å²) in [6.45, 7) is 2.78. The fourth-order valence-electron chi connectivity index (χ4n) is 2.43. The molecule has 19 heavy (non-hydrogen) atoms. The maximum Gasteiger partial charge on any atom is 0.231 e. The molecule has 104 valence electrons. The molecule has 0 saturated heterocycles. The Labute approximate surface area is 115 Å². The number of amides is 1. The van der Waals surface area contributed by atoms with Crippen LogP contribution in [0.2, 0.25) is 0 Å². The molecule has 0 atom stereocenters. The number of likely N-dealkylation sites (N-methyl/N-ethyl adjacent to an activating group) is 1. The van der Waals surface area contributed by atoms with E-state index in [4.69, 9.17) is 5.73 Å². The Hall–Kier alpha value is -1.39. The lowest BCUT2D eigenvalue weighted by Crippen LogP contribution is -2.20. The van der Waals surface area contributed by atoms with E-state index >= 15 is 0 Å². The standard InChI is InChI=1S/C15H23N3O/c1-18-14-5-4-12(10-13(14)11-15(18)19)6-9-17-8-3-2-7-16/h4-5,10,17H,2-3,6-9,11,16H2,1H3. The number of carbonyl (C=O) groups excluding carboxylic acids is 1. The summed E-state index contributed by atoms with van der Waals surface area (Å²) in [4.78, 5) is 13.3.